The molecule has 8 heteroatoms. The zero-order valence-corrected chi connectivity index (χ0v) is 19.7. The second kappa shape index (κ2) is 7.23. The van der Waals surface area contributed by atoms with E-state index in [1.165, 1.54) is 19.1 Å². The minimum Gasteiger partial charge on any atom is -0.449 e. The zero-order valence-electron chi connectivity index (χ0n) is 18.8. The Labute approximate surface area is 192 Å². The third kappa shape index (κ3) is 2.62. The molecule has 0 amide bonds. The fourth-order valence-electron chi connectivity index (χ4n) is 7.47. The van der Waals surface area contributed by atoms with Crippen molar-refractivity contribution in [3.8, 4) is 0 Å². The van der Waals surface area contributed by atoms with E-state index in [0.717, 1.165) is 0 Å². The second-order valence-corrected chi connectivity index (χ2v) is 10.8. The van der Waals surface area contributed by atoms with Gasteiger partial charge in [-0.05, 0) is 37.3 Å². The first kappa shape index (κ1) is 23.6. The summed E-state index contributed by atoms with van der Waals surface area (Å²) in [4.78, 5) is 37.2. The van der Waals surface area contributed by atoms with Crippen LogP contribution in [0, 0.1) is 28.6 Å². The number of ketones is 1. The molecular weight excluding hydrogens is 438 g/mol. The summed E-state index contributed by atoms with van der Waals surface area (Å²) in [5, 5.41) is 10.7. The molecule has 0 saturated heterocycles. The summed E-state index contributed by atoms with van der Waals surface area (Å²) < 4.78 is 38.3. The van der Waals surface area contributed by atoms with Crippen molar-refractivity contribution in [1.82, 2.24) is 0 Å². The Kier molecular flexibility index (Phi) is 5.33. The number of hydrogen-bond donors (Lipinski definition) is 2. The van der Waals surface area contributed by atoms with Crippen LogP contribution in [0.4, 0.5) is 8.78 Å². The van der Waals surface area contributed by atoms with E-state index >= 15 is 8.78 Å². The van der Waals surface area contributed by atoms with Crippen molar-refractivity contribution in [2.24, 2.45) is 28.6 Å². The number of thiol groups is 1. The summed E-state index contributed by atoms with van der Waals surface area (Å²) in [6, 6.07) is 0. The van der Waals surface area contributed by atoms with E-state index in [2.05, 4.69) is 12.6 Å². The highest BCUT2D eigenvalue weighted by Gasteiger charge is 2.77. The first-order valence-corrected chi connectivity index (χ1v) is 11.7. The van der Waals surface area contributed by atoms with Gasteiger partial charge in [0.15, 0.2) is 17.1 Å². The SMILES string of the molecule is CCC(=O)O[C@]1(C(=O)S)[C@H](C)CC2C3CC(F)=C4CC(=O)C=C[C@]4(C)[C@@]3(F)[C@@H](O)C[C@@]21C. The van der Waals surface area contributed by atoms with Gasteiger partial charge in [-0.15, -0.1) is 12.6 Å². The van der Waals surface area contributed by atoms with Crippen LogP contribution in [0.25, 0.3) is 0 Å². The Morgan fingerprint density at radius 3 is 2.56 bits per heavy atom. The van der Waals surface area contributed by atoms with Gasteiger partial charge in [0.25, 0.3) is 0 Å². The van der Waals surface area contributed by atoms with Crippen molar-refractivity contribution in [2.45, 2.75) is 77.2 Å². The van der Waals surface area contributed by atoms with Gasteiger partial charge in [-0.2, -0.15) is 0 Å². The average molecular weight is 469 g/mol. The van der Waals surface area contributed by atoms with Crippen molar-refractivity contribution in [3.05, 3.63) is 23.6 Å². The first-order valence-electron chi connectivity index (χ1n) is 11.2. The minimum atomic E-state index is -2.23. The smallest absolute Gasteiger partial charge is 0.306 e. The van der Waals surface area contributed by atoms with Gasteiger partial charge in [-0.25, -0.2) is 8.78 Å². The Morgan fingerprint density at radius 2 is 1.97 bits per heavy atom. The molecule has 2 unspecified atom stereocenters. The Morgan fingerprint density at radius 1 is 1.31 bits per heavy atom. The number of aliphatic hydroxyl groups is 1. The molecule has 4 aliphatic carbocycles. The molecule has 0 aromatic rings. The molecular formula is C24H30F2O5S. The summed E-state index contributed by atoms with van der Waals surface area (Å²) in [7, 11) is 0. The number of ether oxygens (including phenoxy) is 1. The van der Waals surface area contributed by atoms with Crippen LogP contribution in [-0.4, -0.2) is 39.3 Å². The van der Waals surface area contributed by atoms with Gasteiger partial charge < -0.3 is 9.84 Å². The molecule has 0 heterocycles. The lowest BCUT2D eigenvalue weighted by Crippen LogP contribution is -2.69. The van der Waals surface area contributed by atoms with Gasteiger partial charge in [0.05, 0.1) is 6.10 Å². The van der Waals surface area contributed by atoms with Crippen molar-refractivity contribution < 1.29 is 33.0 Å². The van der Waals surface area contributed by atoms with Gasteiger partial charge in [0, 0.05) is 41.9 Å². The number of hydrogen-bond acceptors (Lipinski definition) is 5. The number of alkyl halides is 1. The molecule has 8 atom stereocenters. The Balaban J connectivity index is 1.89. The number of allylic oxidation sites excluding steroid dienone is 4. The molecule has 0 aromatic heterocycles. The molecule has 2 saturated carbocycles. The molecule has 32 heavy (non-hydrogen) atoms. The van der Waals surface area contributed by atoms with Crippen LogP contribution < -0.4 is 0 Å². The molecule has 0 bridgehead atoms. The lowest BCUT2D eigenvalue weighted by Gasteiger charge is -2.62. The molecule has 176 valence electrons. The highest BCUT2D eigenvalue weighted by Crippen LogP contribution is 2.71. The minimum absolute atomic E-state index is 0.0485. The lowest BCUT2D eigenvalue weighted by molar-refractivity contribution is -0.223. The largest absolute Gasteiger partial charge is 0.449 e. The predicted octanol–water partition coefficient (Wildman–Crippen LogP) is 4.05. The van der Waals surface area contributed by atoms with Crippen molar-refractivity contribution in [2.75, 3.05) is 0 Å². The standard InChI is InChI=1S/C24H30F2O5S/c1-5-19(29)31-24(20(30)32)12(2)8-14-15-10-17(25)16-9-13(27)6-7-21(16,3)23(15,26)18(28)11-22(14,24)4/h6-7,12,14-15,18,28H,5,8-11H2,1-4H3,(H,30,32)/t12-,14?,15?,18+,21+,22+,23+,24+/m1/s1. The molecule has 1 N–H and O–H groups in total. The van der Waals surface area contributed by atoms with Gasteiger partial charge >= 0.3 is 5.97 Å². The fourth-order valence-corrected chi connectivity index (χ4v) is 7.99. The van der Waals surface area contributed by atoms with E-state index in [9.17, 15) is 19.5 Å². The topological polar surface area (TPSA) is 80.7 Å². The van der Waals surface area contributed by atoms with Gasteiger partial charge in [-0.3, -0.25) is 14.4 Å². The maximum absolute atomic E-state index is 17.1. The fraction of sp³-hybridized carbons (Fsp3) is 0.708. The van der Waals surface area contributed by atoms with Crippen LogP contribution in [0.3, 0.4) is 0 Å². The van der Waals surface area contributed by atoms with Crippen LogP contribution in [-0.2, 0) is 19.1 Å². The second-order valence-electron chi connectivity index (χ2n) is 10.4. The maximum atomic E-state index is 17.1. The number of carbonyl (C=O) groups excluding carboxylic acids is 3. The summed E-state index contributed by atoms with van der Waals surface area (Å²) in [6.45, 7) is 6.63. The van der Waals surface area contributed by atoms with Crippen LogP contribution >= 0.6 is 12.6 Å². The van der Waals surface area contributed by atoms with E-state index in [0.29, 0.717) is 6.42 Å². The van der Waals surface area contributed by atoms with Crippen molar-refractivity contribution in [3.63, 3.8) is 0 Å². The van der Waals surface area contributed by atoms with E-state index < -0.39 is 62.9 Å². The van der Waals surface area contributed by atoms with Gasteiger partial charge in [0.1, 0.15) is 5.83 Å². The molecule has 0 radical (unpaired) electrons. The van der Waals surface area contributed by atoms with Crippen LogP contribution in [0.2, 0.25) is 0 Å². The highest BCUT2D eigenvalue weighted by atomic mass is 32.1. The zero-order chi connectivity index (χ0) is 23.9. The van der Waals surface area contributed by atoms with Crippen LogP contribution in [0.5, 0.6) is 0 Å². The highest BCUT2D eigenvalue weighted by molar-refractivity contribution is 7.96. The van der Waals surface area contributed by atoms with E-state index in [1.54, 1.807) is 20.8 Å². The summed E-state index contributed by atoms with van der Waals surface area (Å²) in [6.07, 6.45) is 0.834. The molecule has 4 rings (SSSR count). The molecule has 0 aliphatic heterocycles. The van der Waals surface area contributed by atoms with Gasteiger partial charge in [0.2, 0.25) is 5.12 Å². The van der Waals surface area contributed by atoms with Crippen LogP contribution in [0.15, 0.2) is 23.6 Å². The maximum Gasteiger partial charge on any atom is 0.306 e. The number of rotatable bonds is 3. The number of halogens is 2. The number of fused-ring (bicyclic) bond motifs is 5. The van der Waals surface area contributed by atoms with E-state index in [1.807, 2.05) is 0 Å². The predicted molar refractivity (Wildman–Crippen MR) is 116 cm³/mol. The molecule has 0 aromatic carbocycles. The Hall–Kier alpha value is -1.54. The number of esters is 1. The molecule has 5 nitrogen and oxygen atoms in total. The van der Waals surface area contributed by atoms with E-state index in [4.69, 9.17) is 4.74 Å². The average Bonchev–Trinajstić information content (AvgIpc) is 2.93. The van der Waals surface area contributed by atoms with Crippen molar-refractivity contribution >= 4 is 29.5 Å². The Bertz CT molecular complexity index is 962. The van der Waals surface area contributed by atoms with Gasteiger partial charge in [-0.1, -0.05) is 26.8 Å². The molecule has 2 fully saturated rings. The summed E-state index contributed by atoms with van der Waals surface area (Å²) in [5.41, 5.74) is -6.39. The first-order chi connectivity index (χ1) is 14.8. The number of carbonyl (C=O) groups is 3. The lowest BCUT2D eigenvalue weighted by atomic mass is 9.45. The molecule has 4 aliphatic rings. The summed E-state index contributed by atoms with van der Waals surface area (Å²) >= 11 is 4.09. The number of aliphatic hydroxyl groups excluding tert-OH is 1. The third-order valence-electron chi connectivity index (χ3n) is 9.08. The van der Waals surface area contributed by atoms with Crippen LogP contribution in [0.1, 0.15) is 59.8 Å². The summed E-state index contributed by atoms with van der Waals surface area (Å²) in [5.74, 6) is -3.40. The third-order valence-corrected chi connectivity index (χ3v) is 9.41. The quantitative estimate of drug-likeness (QED) is 0.483. The van der Waals surface area contributed by atoms with Crippen molar-refractivity contribution in [1.29, 1.82) is 0 Å². The monoisotopic (exact) mass is 468 g/mol. The normalized spacial score (nSPS) is 47.6. The molecule has 0 spiro atoms. The van der Waals surface area contributed by atoms with E-state index in [-0.39, 0.29) is 37.0 Å².